The molecule has 0 saturated heterocycles. The molecule has 1 heterocycles. The summed E-state index contributed by atoms with van der Waals surface area (Å²) >= 11 is 0. The van der Waals surface area contributed by atoms with Gasteiger partial charge in [0.05, 0.1) is 11.7 Å². The van der Waals surface area contributed by atoms with Gasteiger partial charge in [0.15, 0.2) is 0 Å². The number of sulfonamides is 1. The van der Waals surface area contributed by atoms with Crippen LogP contribution in [-0.4, -0.2) is 32.2 Å². The van der Waals surface area contributed by atoms with Crippen LogP contribution >= 0.6 is 0 Å². The summed E-state index contributed by atoms with van der Waals surface area (Å²) in [6.07, 6.45) is 7.12. The summed E-state index contributed by atoms with van der Waals surface area (Å²) in [7, 11) is -4.11. The van der Waals surface area contributed by atoms with Gasteiger partial charge in [0.25, 0.3) is 10.0 Å². The lowest BCUT2D eigenvalue weighted by Crippen LogP contribution is -2.41. The van der Waals surface area contributed by atoms with Crippen LogP contribution in [0, 0.1) is 0 Å². The Bertz CT molecular complexity index is 1360. The van der Waals surface area contributed by atoms with E-state index in [1.807, 2.05) is 24.3 Å². The first kappa shape index (κ1) is 25.3. The molecule has 0 saturated carbocycles. The molecule has 1 atom stereocenters. The summed E-state index contributed by atoms with van der Waals surface area (Å²) in [5, 5.41) is 3.80. The van der Waals surface area contributed by atoms with Gasteiger partial charge in [-0.3, -0.25) is 4.90 Å². The van der Waals surface area contributed by atoms with Crippen LogP contribution in [-0.2, 0) is 46.9 Å². The van der Waals surface area contributed by atoms with Gasteiger partial charge in [-0.25, -0.2) is 22.7 Å². The Morgan fingerprint density at radius 1 is 1.00 bits per heavy atom. The third-order valence-electron chi connectivity index (χ3n) is 7.03. The van der Waals surface area contributed by atoms with E-state index in [1.54, 1.807) is 20.8 Å². The van der Waals surface area contributed by atoms with Crippen LogP contribution < -0.4 is 14.9 Å². The summed E-state index contributed by atoms with van der Waals surface area (Å²) in [5.41, 5.74) is 6.43. The van der Waals surface area contributed by atoms with E-state index in [0.717, 1.165) is 66.3 Å². The van der Waals surface area contributed by atoms with Gasteiger partial charge >= 0.3 is 12.1 Å². The van der Waals surface area contributed by atoms with E-state index in [9.17, 15) is 18.0 Å². The summed E-state index contributed by atoms with van der Waals surface area (Å²) in [5.74, 6) is 0. The Labute approximate surface area is 218 Å². The fourth-order valence-corrected chi connectivity index (χ4v) is 6.34. The average molecular weight is 524 g/mol. The maximum Gasteiger partial charge on any atom is 0.415 e. The SMILES string of the molecule is CC(C)(C)OC(=O)N1c2ccccc2CC1C=CS(=O)(=O)NC(=O)Nc1c2c(cc3c1CCC3)CCC2. The highest BCUT2D eigenvalue weighted by Gasteiger charge is 2.35. The van der Waals surface area contributed by atoms with E-state index < -0.39 is 33.8 Å². The van der Waals surface area contributed by atoms with Crippen LogP contribution in [0.15, 0.2) is 41.8 Å². The molecule has 0 radical (unpaired) electrons. The molecule has 0 spiro atoms. The number of amides is 3. The number of nitrogens with zero attached hydrogens (tertiary/aromatic N) is 1. The number of anilines is 2. The number of nitrogens with one attached hydrogen (secondary N) is 2. The first-order chi connectivity index (χ1) is 17.5. The highest BCUT2D eigenvalue weighted by atomic mass is 32.2. The van der Waals surface area contributed by atoms with E-state index in [-0.39, 0.29) is 0 Å². The van der Waals surface area contributed by atoms with Gasteiger partial charge in [0.1, 0.15) is 5.60 Å². The van der Waals surface area contributed by atoms with Crippen LogP contribution in [0.3, 0.4) is 0 Å². The molecule has 0 aromatic heterocycles. The van der Waals surface area contributed by atoms with Crippen molar-refractivity contribution in [2.75, 3.05) is 10.2 Å². The number of para-hydroxylation sites is 1. The van der Waals surface area contributed by atoms with Crippen LogP contribution in [0.5, 0.6) is 0 Å². The molecule has 3 aliphatic rings. The normalized spacial score (nSPS) is 18.5. The lowest BCUT2D eigenvalue weighted by atomic mass is 9.99. The Balaban J connectivity index is 1.32. The molecular weight excluding hydrogens is 490 g/mol. The third-order valence-corrected chi connectivity index (χ3v) is 8.01. The summed E-state index contributed by atoms with van der Waals surface area (Å²) in [6, 6.07) is 8.32. The summed E-state index contributed by atoms with van der Waals surface area (Å²) < 4.78 is 33.4. The van der Waals surface area contributed by atoms with Crippen molar-refractivity contribution in [3.05, 3.63) is 69.6 Å². The predicted molar refractivity (Wildman–Crippen MR) is 143 cm³/mol. The average Bonchev–Trinajstić information content (AvgIpc) is 3.53. The zero-order chi connectivity index (χ0) is 26.4. The van der Waals surface area contributed by atoms with Crippen molar-refractivity contribution in [1.29, 1.82) is 0 Å². The van der Waals surface area contributed by atoms with Gasteiger partial charge in [-0.2, -0.15) is 0 Å². The van der Waals surface area contributed by atoms with Crippen molar-refractivity contribution in [2.24, 2.45) is 0 Å². The number of rotatable bonds is 4. The number of aryl methyl sites for hydroxylation is 2. The molecule has 37 heavy (non-hydrogen) atoms. The Morgan fingerprint density at radius 3 is 2.30 bits per heavy atom. The number of carbonyl (C=O) groups is 2. The molecule has 2 aliphatic carbocycles. The van der Waals surface area contributed by atoms with E-state index >= 15 is 0 Å². The van der Waals surface area contributed by atoms with Gasteiger partial charge in [-0.05, 0) is 106 Å². The van der Waals surface area contributed by atoms with Crippen molar-refractivity contribution >= 4 is 33.5 Å². The Hall–Kier alpha value is -3.33. The number of ether oxygens (including phenoxy) is 1. The van der Waals surface area contributed by atoms with Crippen molar-refractivity contribution in [3.8, 4) is 0 Å². The van der Waals surface area contributed by atoms with E-state index in [1.165, 1.54) is 22.1 Å². The molecular formula is C28H33N3O5S. The molecule has 0 bridgehead atoms. The number of hydrogen-bond acceptors (Lipinski definition) is 5. The van der Waals surface area contributed by atoms with Gasteiger partial charge in [0, 0.05) is 11.1 Å². The molecule has 9 heteroatoms. The Kier molecular flexibility index (Phi) is 6.52. The maximum atomic E-state index is 13.0. The number of carbonyl (C=O) groups excluding carboxylic acids is 2. The Morgan fingerprint density at radius 2 is 1.65 bits per heavy atom. The zero-order valence-electron chi connectivity index (χ0n) is 21.5. The second kappa shape index (κ2) is 9.52. The van der Waals surface area contributed by atoms with Crippen molar-refractivity contribution in [1.82, 2.24) is 4.72 Å². The smallest absolute Gasteiger partial charge is 0.415 e. The lowest BCUT2D eigenvalue weighted by Gasteiger charge is -2.28. The zero-order valence-corrected chi connectivity index (χ0v) is 22.3. The molecule has 2 aromatic rings. The van der Waals surface area contributed by atoms with E-state index in [4.69, 9.17) is 4.74 Å². The second-order valence-electron chi connectivity index (χ2n) is 10.9. The van der Waals surface area contributed by atoms with Gasteiger partial charge in [-0.1, -0.05) is 24.3 Å². The highest BCUT2D eigenvalue weighted by molar-refractivity contribution is 7.92. The van der Waals surface area contributed by atoms with Gasteiger partial charge in [-0.15, -0.1) is 0 Å². The maximum absolute atomic E-state index is 13.0. The lowest BCUT2D eigenvalue weighted by molar-refractivity contribution is 0.0575. The quantitative estimate of drug-likeness (QED) is 0.587. The fraction of sp³-hybridized carbons (Fsp3) is 0.429. The topological polar surface area (TPSA) is 105 Å². The minimum atomic E-state index is -4.11. The first-order valence-corrected chi connectivity index (χ1v) is 14.3. The monoisotopic (exact) mass is 523 g/mol. The van der Waals surface area contributed by atoms with Crippen LogP contribution in [0.2, 0.25) is 0 Å². The van der Waals surface area contributed by atoms with Crippen molar-refractivity contribution in [3.63, 3.8) is 0 Å². The van der Waals surface area contributed by atoms with Crippen molar-refractivity contribution in [2.45, 2.75) is 77.4 Å². The fourth-order valence-electron chi connectivity index (χ4n) is 5.58. The molecule has 2 aromatic carbocycles. The number of hydrogen-bond donors (Lipinski definition) is 2. The molecule has 3 amide bonds. The first-order valence-electron chi connectivity index (χ1n) is 12.8. The number of benzene rings is 2. The van der Waals surface area contributed by atoms with Crippen LogP contribution in [0.1, 0.15) is 61.4 Å². The third kappa shape index (κ3) is 5.37. The highest BCUT2D eigenvalue weighted by Crippen LogP contribution is 2.38. The molecule has 1 aliphatic heterocycles. The summed E-state index contributed by atoms with van der Waals surface area (Å²) in [4.78, 5) is 27.2. The van der Waals surface area contributed by atoms with Crippen LogP contribution in [0.25, 0.3) is 0 Å². The number of urea groups is 1. The number of fused-ring (bicyclic) bond motifs is 3. The molecule has 2 N–H and O–H groups in total. The predicted octanol–water partition coefficient (Wildman–Crippen LogP) is 5.00. The van der Waals surface area contributed by atoms with E-state index in [0.29, 0.717) is 12.1 Å². The molecule has 0 fully saturated rings. The van der Waals surface area contributed by atoms with E-state index in [2.05, 4.69) is 16.1 Å². The van der Waals surface area contributed by atoms with Crippen molar-refractivity contribution < 1.29 is 22.7 Å². The molecule has 196 valence electrons. The molecule has 8 nitrogen and oxygen atoms in total. The largest absolute Gasteiger partial charge is 0.443 e. The van der Waals surface area contributed by atoms with Crippen LogP contribution in [0.4, 0.5) is 21.0 Å². The van der Waals surface area contributed by atoms with Gasteiger partial charge in [0.2, 0.25) is 0 Å². The minimum absolute atomic E-state index is 0.440. The molecule has 1 unspecified atom stereocenters. The standard InChI is InChI=1S/C28H33N3O5S/c1-28(2,3)36-27(33)31-21(17-20-8-4-5-13-24(20)31)14-15-37(34,35)30-26(32)29-25-22-11-6-9-18(22)16-19-10-7-12-23(19)25/h4-5,8,13-16,21H,6-7,9-12,17H2,1-3H3,(H2,29,30,32). The van der Waals surface area contributed by atoms with Gasteiger partial charge < -0.3 is 10.1 Å². The minimum Gasteiger partial charge on any atom is -0.443 e. The second-order valence-corrected chi connectivity index (χ2v) is 12.5. The molecule has 5 rings (SSSR count). The summed E-state index contributed by atoms with van der Waals surface area (Å²) in [6.45, 7) is 5.34.